The van der Waals surface area contributed by atoms with Crippen molar-refractivity contribution in [2.24, 2.45) is 23.7 Å². The van der Waals surface area contributed by atoms with Crippen LogP contribution in [0.2, 0.25) is 0 Å². The van der Waals surface area contributed by atoms with Gasteiger partial charge < -0.3 is 14.2 Å². The first-order chi connectivity index (χ1) is 14.1. The molecule has 0 N–H and O–H groups in total. The molecule has 1 aromatic rings. The Hall–Kier alpha value is -1.14. The predicted octanol–water partition coefficient (Wildman–Crippen LogP) is 5.57. The number of rotatable bonds is 2. The fourth-order valence-corrected chi connectivity index (χ4v) is 6.17. The third kappa shape index (κ3) is 3.12. The van der Waals surface area contributed by atoms with Crippen LogP contribution in [-0.2, 0) is 24.7 Å². The molecular formula is C25H36O5. The van der Waals surface area contributed by atoms with E-state index in [9.17, 15) is 0 Å². The van der Waals surface area contributed by atoms with Crippen LogP contribution in [0, 0.1) is 23.7 Å². The normalized spacial score (nSPS) is 45.5. The number of benzene rings is 1. The molecule has 4 aliphatic heterocycles. The van der Waals surface area contributed by atoms with Crippen LogP contribution in [0.1, 0.15) is 72.8 Å². The highest BCUT2D eigenvalue weighted by atomic mass is 17.3. The predicted molar refractivity (Wildman–Crippen MR) is 113 cm³/mol. The second-order valence-corrected chi connectivity index (χ2v) is 11.2. The van der Waals surface area contributed by atoms with Crippen LogP contribution in [0.4, 0.5) is 0 Å². The van der Waals surface area contributed by atoms with Crippen LogP contribution < -0.4 is 4.74 Å². The summed E-state index contributed by atoms with van der Waals surface area (Å²) in [6.07, 6.45) is 3.30. The topological polar surface area (TPSA) is 46.2 Å². The summed E-state index contributed by atoms with van der Waals surface area (Å²) in [6, 6.07) is 8.39. The molecule has 5 nitrogen and oxygen atoms in total. The molecule has 0 aromatic heterocycles. The molecule has 4 heterocycles. The van der Waals surface area contributed by atoms with Gasteiger partial charge in [0.05, 0.1) is 0 Å². The Bertz CT molecular complexity index is 786. The van der Waals surface area contributed by atoms with Gasteiger partial charge in [-0.25, -0.2) is 9.78 Å². The van der Waals surface area contributed by atoms with Gasteiger partial charge in [-0.2, -0.15) is 0 Å². The van der Waals surface area contributed by atoms with Crippen LogP contribution in [0.3, 0.4) is 0 Å². The van der Waals surface area contributed by atoms with E-state index in [4.69, 9.17) is 24.0 Å². The Balaban J connectivity index is 1.43. The van der Waals surface area contributed by atoms with E-state index in [1.54, 1.807) is 0 Å². The largest absolute Gasteiger partial charge is 0.465 e. The number of fused-ring (bicyclic) bond motifs is 2. The first-order valence-electron chi connectivity index (χ1n) is 11.6. The summed E-state index contributed by atoms with van der Waals surface area (Å²) in [5, 5.41) is 0. The summed E-state index contributed by atoms with van der Waals surface area (Å²) in [5.41, 5.74) is 0.870. The van der Waals surface area contributed by atoms with Crippen molar-refractivity contribution in [3.05, 3.63) is 29.8 Å². The van der Waals surface area contributed by atoms with Gasteiger partial charge in [-0.3, -0.25) is 0 Å². The average molecular weight is 417 g/mol. The van der Waals surface area contributed by atoms with Gasteiger partial charge in [0.15, 0.2) is 11.9 Å². The second kappa shape index (κ2) is 6.93. The second-order valence-electron chi connectivity index (χ2n) is 11.2. The van der Waals surface area contributed by atoms with Gasteiger partial charge in [0.1, 0.15) is 5.75 Å². The molecule has 1 spiro atoms. The summed E-state index contributed by atoms with van der Waals surface area (Å²) in [6.45, 7) is 13.2. The molecule has 4 saturated heterocycles. The van der Waals surface area contributed by atoms with E-state index in [1.165, 1.54) is 12.0 Å². The Labute approximate surface area is 180 Å². The highest BCUT2D eigenvalue weighted by Crippen LogP contribution is 2.60. The van der Waals surface area contributed by atoms with Gasteiger partial charge in [-0.15, -0.1) is 0 Å². The van der Waals surface area contributed by atoms with Gasteiger partial charge in [-0.1, -0.05) is 46.8 Å². The van der Waals surface area contributed by atoms with Gasteiger partial charge in [0, 0.05) is 18.3 Å². The molecule has 0 amide bonds. The molecule has 6 rings (SSSR count). The van der Waals surface area contributed by atoms with Gasteiger partial charge >= 0.3 is 0 Å². The van der Waals surface area contributed by atoms with Crippen LogP contribution >= 0.6 is 0 Å². The Morgan fingerprint density at radius 3 is 2.40 bits per heavy atom. The van der Waals surface area contributed by atoms with E-state index >= 15 is 0 Å². The molecule has 1 aromatic carbocycles. The molecule has 0 radical (unpaired) electrons. The molecule has 8 atom stereocenters. The first-order valence-corrected chi connectivity index (χ1v) is 11.6. The number of ether oxygens (including phenoxy) is 3. The maximum absolute atomic E-state index is 6.51. The fourth-order valence-electron chi connectivity index (χ4n) is 6.17. The summed E-state index contributed by atoms with van der Waals surface area (Å²) in [7, 11) is 0. The molecule has 5 aliphatic rings. The van der Waals surface area contributed by atoms with Crippen LogP contribution in [-0.4, -0.2) is 24.0 Å². The minimum atomic E-state index is -0.753. The smallest absolute Gasteiger partial charge is 0.205 e. The maximum atomic E-state index is 6.51. The van der Waals surface area contributed by atoms with Crippen molar-refractivity contribution in [3.8, 4) is 5.75 Å². The summed E-state index contributed by atoms with van der Waals surface area (Å²) < 4.78 is 19.3. The number of hydrogen-bond acceptors (Lipinski definition) is 5. The molecule has 2 bridgehead atoms. The minimum absolute atomic E-state index is 0.119. The highest BCUT2D eigenvalue weighted by Gasteiger charge is 2.69. The molecule has 3 unspecified atom stereocenters. The third-order valence-corrected chi connectivity index (χ3v) is 8.07. The quantitative estimate of drug-likeness (QED) is 0.590. The van der Waals surface area contributed by atoms with Crippen molar-refractivity contribution in [1.82, 2.24) is 0 Å². The van der Waals surface area contributed by atoms with E-state index in [0.29, 0.717) is 11.8 Å². The fraction of sp³-hybridized carbons (Fsp3) is 0.760. The monoisotopic (exact) mass is 416 g/mol. The molecule has 1 saturated carbocycles. The van der Waals surface area contributed by atoms with E-state index < -0.39 is 17.7 Å². The van der Waals surface area contributed by atoms with E-state index in [1.807, 2.05) is 19.1 Å². The zero-order valence-electron chi connectivity index (χ0n) is 19.1. The summed E-state index contributed by atoms with van der Waals surface area (Å²) >= 11 is 0. The van der Waals surface area contributed by atoms with Crippen molar-refractivity contribution in [3.63, 3.8) is 0 Å². The molecule has 5 fully saturated rings. The average Bonchev–Trinajstić information content (AvgIpc) is 2.92. The molecular weight excluding hydrogens is 380 g/mol. The lowest BCUT2D eigenvalue weighted by Crippen LogP contribution is -2.70. The van der Waals surface area contributed by atoms with Crippen LogP contribution in [0.5, 0.6) is 5.75 Å². The SMILES string of the molecule is C[C@H]1C(Oc2ccc(C(C)(C)C)cc2)O[C@@H]2O[C@]3(C)CCC4[C@H](C)CCC1[C@]42OO3. The maximum Gasteiger partial charge on any atom is 0.205 e. The zero-order valence-corrected chi connectivity index (χ0v) is 19.1. The minimum Gasteiger partial charge on any atom is -0.465 e. The van der Waals surface area contributed by atoms with Crippen molar-refractivity contribution in [2.75, 3.05) is 0 Å². The van der Waals surface area contributed by atoms with Crippen molar-refractivity contribution in [2.45, 2.75) is 96.6 Å². The van der Waals surface area contributed by atoms with Crippen molar-refractivity contribution < 1.29 is 24.0 Å². The van der Waals surface area contributed by atoms with Crippen molar-refractivity contribution >= 4 is 0 Å². The third-order valence-electron chi connectivity index (χ3n) is 8.07. The van der Waals surface area contributed by atoms with E-state index in [-0.39, 0.29) is 23.5 Å². The van der Waals surface area contributed by atoms with E-state index in [0.717, 1.165) is 25.0 Å². The lowest BCUT2D eigenvalue weighted by Gasteiger charge is -2.60. The standard InChI is InChI=1S/C25H36O5/c1-15-7-12-20-16(2)21(26-18-10-8-17(9-11-18)23(3,4)5)27-22-25(20)19(15)13-14-24(6,28-22)29-30-25/h8-11,15-16,19-22H,7,12-14H2,1-6H3/t15-,16-,19?,20?,21?,22-,24+,25-/m1/s1. The zero-order chi connectivity index (χ0) is 21.3. The van der Waals surface area contributed by atoms with Crippen LogP contribution in [0.25, 0.3) is 0 Å². The molecule has 1 aliphatic carbocycles. The Morgan fingerprint density at radius 2 is 1.70 bits per heavy atom. The summed E-state index contributed by atoms with van der Waals surface area (Å²) in [4.78, 5) is 12.1. The first kappa shape index (κ1) is 20.7. The van der Waals surface area contributed by atoms with Gasteiger partial charge in [0.25, 0.3) is 0 Å². The Morgan fingerprint density at radius 1 is 0.967 bits per heavy atom. The van der Waals surface area contributed by atoms with Crippen molar-refractivity contribution in [1.29, 1.82) is 0 Å². The lowest BCUT2D eigenvalue weighted by molar-refractivity contribution is -0.575. The highest BCUT2D eigenvalue weighted by molar-refractivity contribution is 5.31. The van der Waals surface area contributed by atoms with Crippen LogP contribution in [0.15, 0.2) is 24.3 Å². The van der Waals surface area contributed by atoms with E-state index in [2.05, 4.69) is 46.8 Å². The summed E-state index contributed by atoms with van der Waals surface area (Å²) in [5.74, 6) is 1.47. The molecule has 5 heteroatoms. The molecule has 30 heavy (non-hydrogen) atoms. The Kier molecular flexibility index (Phi) is 4.79. The van der Waals surface area contributed by atoms with Gasteiger partial charge in [-0.05, 0) is 61.1 Å². The number of hydrogen-bond donors (Lipinski definition) is 0. The molecule has 166 valence electrons. The van der Waals surface area contributed by atoms with Gasteiger partial charge in [0.2, 0.25) is 12.1 Å². The lowest BCUT2D eigenvalue weighted by atomic mass is 9.58.